The summed E-state index contributed by atoms with van der Waals surface area (Å²) in [7, 11) is 2.81. The molecule has 0 aliphatic rings. The van der Waals surface area contributed by atoms with Crippen molar-refractivity contribution in [3.05, 3.63) is 66.7 Å². The first-order valence-electron chi connectivity index (χ1n) is 7.16. The summed E-state index contributed by atoms with van der Waals surface area (Å²) >= 11 is 4.63. The van der Waals surface area contributed by atoms with Crippen molar-refractivity contribution in [1.82, 2.24) is 14.1 Å². The molecule has 0 aliphatic carbocycles. The molecule has 0 atom stereocenters. The molecular weight excluding hydrogens is 408 g/mol. The van der Waals surface area contributed by atoms with Crippen LogP contribution in [0.3, 0.4) is 0 Å². The Kier molecular flexibility index (Phi) is 4.69. The number of carbonyl (C=O) groups excluding carboxylic acids is 1. The Balaban J connectivity index is 1.86. The molecule has 9 heteroatoms. The van der Waals surface area contributed by atoms with E-state index < -0.39 is 17.2 Å². The van der Waals surface area contributed by atoms with Crippen LogP contribution in [0.15, 0.2) is 49.9 Å². The summed E-state index contributed by atoms with van der Waals surface area (Å²) in [4.78, 5) is 40.5. The van der Waals surface area contributed by atoms with Gasteiger partial charge in [-0.1, -0.05) is 28.1 Å². The number of nitrogens with one attached hydrogen (secondary N) is 1. The van der Waals surface area contributed by atoms with Crippen molar-refractivity contribution in [1.29, 1.82) is 0 Å². The molecule has 0 radical (unpaired) electrons. The number of benzene rings is 1. The van der Waals surface area contributed by atoms with E-state index in [1.165, 1.54) is 36.2 Å². The molecule has 2 heterocycles. The van der Waals surface area contributed by atoms with Crippen molar-refractivity contribution in [3.63, 3.8) is 0 Å². The third-order valence-corrected chi connectivity index (χ3v) is 4.84. The lowest BCUT2D eigenvalue weighted by molar-refractivity contribution is 0.102. The molecule has 25 heavy (non-hydrogen) atoms. The average molecular weight is 421 g/mol. The molecule has 128 valence electrons. The second kappa shape index (κ2) is 6.77. The lowest BCUT2D eigenvalue weighted by Gasteiger charge is -2.06. The Hall–Kier alpha value is -2.52. The summed E-state index contributed by atoms with van der Waals surface area (Å²) in [6, 6.07) is 7.63. The number of aromatic nitrogens is 3. The maximum Gasteiger partial charge on any atom is 0.330 e. The maximum absolute atomic E-state index is 12.4. The number of rotatable bonds is 3. The molecule has 0 bridgehead atoms. The van der Waals surface area contributed by atoms with E-state index in [-0.39, 0.29) is 5.56 Å². The van der Waals surface area contributed by atoms with Crippen LogP contribution in [0.1, 0.15) is 10.4 Å². The summed E-state index contributed by atoms with van der Waals surface area (Å²) in [6.07, 6.45) is 1.23. The maximum atomic E-state index is 12.4. The van der Waals surface area contributed by atoms with E-state index in [0.29, 0.717) is 5.13 Å². The molecule has 0 fully saturated rings. The fraction of sp³-hybridized carbons (Fsp3) is 0.125. The first-order chi connectivity index (χ1) is 11.9. The smallest absolute Gasteiger partial charge is 0.303 e. The quantitative estimate of drug-likeness (QED) is 0.703. The van der Waals surface area contributed by atoms with E-state index in [1.54, 1.807) is 0 Å². The topological polar surface area (TPSA) is 86.0 Å². The molecule has 0 spiro atoms. The number of nitrogens with zero attached hydrogens (tertiary/aromatic N) is 3. The van der Waals surface area contributed by atoms with E-state index in [1.807, 2.05) is 29.6 Å². The zero-order chi connectivity index (χ0) is 18.1. The number of anilines is 1. The third kappa shape index (κ3) is 3.47. The van der Waals surface area contributed by atoms with E-state index >= 15 is 0 Å². The highest BCUT2D eigenvalue weighted by Crippen LogP contribution is 2.26. The average Bonchev–Trinajstić information content (AvgIpc) is 3.05. The summed E-state index contributed by atoms with van der Waals surface area (Å²) in [5.41, 5.74) is 0.378. The highest BCUT2D eigenvalue weighted by atomic mass is 79.9. The van der Waals surface area contributed by atoms with Crippen LogP contribution in [0, 0.1) is 0 Å². The molecule has 7 nitrogen and oxygen atoms in total. The van der Waals surface area contributed by atoms with Crippen LogP contribution in [0.4, 0.5) is 5.13 Å². The monoisotopic (exact) mass is 420 g/mol. The Morgan fingerprint density at radius 1 is 1.20 bits per heavy atom. The Morgan fingerprint density at radius 2 is 1.88 bits per heavy atom. The van der Waals surface area contributed by atoms with Crippen LogP contribution >= 0.6 is 27.3 Å². The van der Waals surface area contributed by atoms with E-state index in [9.17, 15) is 14.4 Å². The first-order valence-corrected chi connectivity index (χ1v) is 8.83. The molecule has 1 amide bonds. The molecular formula is C16H13BrN4O3S. The van der Waals surface area contributed by atoms with Crippen LogP contribution < -0.4 is 16.6 Å². The van der Waals surface area contributed by atoms with Crippen LogP contribution in [-0.2, 0) is 14.1 Å². The van der Waals surface area contributed by atoms with Gasteiger partial charge in [-0.2, -0.15) is 0 Å². The number of halogens is 1. The van der Waals surface area contributed by atoms with Crippen LogP contribution in [0.2, 0.25) is 0 Å². The van der Waals surface area contributed by atoms with Crippen molar-refractivity contribution in [2.75, 3.05) is 5.32 Å². The largest absolute Gasteiger partial charge is 0.330 e. The van der Waals surface area contributed by atoms with Gasteiger partial charge in [-0.15, -0.1) is 11.3 Å². The molecule has 0 saturated carbocycles. The molecule has 1 N–H and O–H groups in total. The van der Waals surface area contributed by atoms with Gasteiger partial charge in [0.05, 0.1) is 5.69 Å². The minimum absolute atomic E-state index is 0.120. The van der Waals surface area contributed by atoms with Crippen molar-refractivity contribution in [2.24, 2.45) is 14.1 Å². The highest BCUT2D eigenvalue weighted by molar-refractivity contribution is 9.10. The summed E-state index contributed by atoms with van der Waals surface area (Å²) in [5.74, 6) is -0.604. The molecule has 3 rings (SSSR count). The van der Waals surface area contributed by atoms with Gasteiger partial charge in [0.25, 0.3) is 11.5 Å². The normalized spacial score (nSPS) is 10.7. The summed E-state index contributed by atoms with van der Waals surface area (Å²) in [5, 5.41) is 4.80. The van der Waals surface area contributed by atoms with Gasteiger partial charge < -0.3 is 4.57 Å². The van der Waals surface area contributed by atoms with Crippen LogP contribution in [-0.4, -0.2) is 20.0 Å². The second-order valence-corrected chi connectivity index (χ2v) is 7.07. The van der Waals surface area contributed by atoms with Crippen molar-refractivity contribution < 1.29 is 4.79 Å². The number of hydrogen-bond donors (Lipinski definition) is 1. The van der Waals surface area contributed by atoms with Gasteiger partial charge in [-0.25, -0.2) is 9.78 Å². The molecule has 1 aromatic carbocycles. The lowest BCUT2D eigenvalue weighted by atomic mass is 10.2. The van der Waals surface area contributed by atoms with Gasteiger partial charge in [0.15, 0.2) is 5.13 Å². The molecule has 3 aromatic rings. The molecule has 0 saturated heterocycles. The molecule has 0 unspecified atom stereocenters. The van der Waals surface area contributed by atoms with Gasteiger partial charge in [0.1, 0.15) is 5.56 Å². The predicted molar refractivity (Wildman–Crippen MR) is 100 cm³/mol. The first kappa shape index (κ1) is 17.3. The van der Waals surface area contributed by atoms with Gasteiger partial charge in [-0.3, -0.25) is 19.5 Å². The zero-order valence-corrected chi connectivity index (χ0v) is 15.7. The second-order valence-electron chi connectivity index (χ2n) is 5.30. The number of hydrogen-bond acceptors (Lipinski definition) is 5. The minimum Gasteiger partial charge on any atom is -0.303 e. The van der Waals surface area contributed by atoms with E-state index in [4.69, 9.17) is 0 Å². The standard InChI is InChI=1S/C16H13BrN4O3S/c1-20-7-11(14(23)21(2)16(20)24)13(22)19-15-18-12(8-25-15)9-3-5-10(17)6-4-9/h3-8H,1-2H3,(H,18,19,22). The van der Waals surface area contributed by atoms with Crippen molar-refractivity contribution in [3.8, 4) is 11.3 Å². The van der Waals surface area contributed by atoms with Crippen LogP contribution in [0.5, 0.6) is 0 Å². The number of amides is 1. The van der Waals surface area contributed by atoms with Gasteiger partial charge in [-0.05, 0) is 12.1 Å². The fourth-order valence-electron chi connectivity index (χ4n) is 2.21. The van der Waals surface area contributed by atoms with Crippen molar-refractivity contribution in [2.45, 2.75) is 0 Å². The van der Waals surface area contributed by atoms with Crippen molar-refractivity contribution >= 4 is 38.3 Å². The zero-order valence-electron chi connectivity index (χ0n) is 13.3. The highest BCUT2D eigenvalue weighted by Gasteiger charge is 2.16. The van der Waals surface area contributed by atoms with Gasteiger partial charge in [0, 0.05) is 35.7 Å². The molecule has 2 aromatic heterocycles. The van der Waals surface area contributed by atoms with E-state index in [0.717, 1.165) is 20.3 Å². The van der Waals surface area contributed by atoms with Crippen LogP contribution in [0.25, 0.3) is 11.3 Å². The molecule has 0 aliphatic heterocycles. The summed E-state index contributed by atoms with van der Waals surface area (Å²) < 4.78 is 3.04. The number of carbonyl (C=O) groups is 1. The predicted octanol–water partition coefficient (Wildman–Crippen LogP) is 2.22. The Morgan fingerprint density at radius 3 is 2.56 bits per heavy atom. The lowest BCUT2D eigenvalue weighted by Crippen LogP contribution is -2.40. The number of aryl methyl sites for hydroxylation is 1. The van der Waals surface area contributed by atoms with E-state index in [2.05, 4.69) is 26.2 Å². The Bertz CT molecular complexity index is 1070. The van der Waals surface area contributed by atoms with Gasteiger partial charge in [0.2, 0.25) is 0 Å². The fourth-order valence-corrected chi connectivity index (χ4v) is 3.19. The Labute approximate surface area is 154 Å². The SMILES string of the molecule is Cn1cc(C(=O)Nc2nc(-c3ccc(Br)cc3)cs2)c(=O)n(C)c1=O. The summed E-state index contributed by atoms with van der Waals surface area (Å²) in [6.45, 7) is 0. The van der Waals surface area contributed by atoms with Gasteiger partial charge >= 0.3 is 5.69 Å². The third-order valence-electron chi connectivity index (χ3n) is 3.56. The minimum atomic E-state index is -0.648. The number of thiazole rings is 1.